The number of aromatic nitrogens is 2. The Balaban J connectivity index is 1.84. The van der Waals surface area contributed by atoms with Crippen molar-refractivity contribution < 1.29 is 13.9 Å². The number of nitrogens with zero attached hydrogens (tertiary/aromatic N) is 2. The highest BCUT2D eigenvalue weighted by Gasteiger charge is 2.25. The molecule has 0 spiro atoms. The molecule has 4 N–H and O–H groups in total. The van der Waals surface area contributed by atoms with Gasteiger partial charge in [-0.15, -0.1) is 5.10 Å². The Bertz CT molecular complexity index is 849. The summed E-state index contributed by atoms with van der Waals surface area (Å²) >= 11 is -0.718. The van der Waals surface area contributed by atoms with Crippen LogP contribution in [0.15, 0.2) is 17.1 Å². The average Bonchev–Trinajstić information content (AvgIpc) is 2.99. The largest absolute Gasteiger partial charge is 0.480 e. The summed E-state index contributed by atoms with van der Waals surface area (Å²) in [5.74, 6) is -0.208. The molecule has 0 bridgehead atoms. The molecule has 1 unspecified atom stereocenters. The van der Waals surface area contributed by atoms with Crippen LogP contribution in [0.25, 0.3) is 0 Å². The molecule has 7 nitrogen and oxygen atoms in total. The Morgan fingerprint density at radius 3 is 3.08 bits per heavy atom. The molecular formula is C15H15FIN5O2. The third-order valence-electron chi connectivity index (χ3n) is 3.62. The summed E-state index contributed by atoms with van der Waals surface area (Å²) in [6.07, 6.45) is 2.03. The van der Waals surface area contributed by atoms with Gasteiger partial charge in [-0.3, -0.25) is 9.89 Å². The lowest BCUT2D eigenvalue weighted by molar-refractivity contribution is 0.0942. The van der Waals surface area contributed by atoms with Crippen molar-refractivity contribution in [2.45, 2.75) is 12.5 Å². The smallest absolute Gasteiger partial charge is 0.255 e. The van der Waals surface area contributed by atoms with Crippen LogP contribution in [0.3, 0.4) is 0 Å². The molecule has 1 atom stereocenters. The fourth-order valence-corrected chi connectivity index (χ4v) is 3.75. The van der Waals surface area contributed by atoms with Gasteiger partial charge in [-0.05, 0) is 12.1 Å². The number of aromatic amines is 1. The second-order valence-corrected chi connectivity index (χ2v) is 7.01. The van der Waals surface area contributed by atoms with Crippen LogP contribution in [0.5, 0.6) is 5.88 Å². The Morgan fingerprint density at radius 2 is 2.38 bits per heavy atom. The van der Waals surface area contributed by atoms with Crippen molar-refractivity contribution in [1.82, 2.24) is 15.5 Å². The van der Waals surface area contributed by atoms with Gasteiger partial charge in [-0.25, -0.2) is 9.38 Å². The first-order valence-electron chi connectivity index (χ1n) is 6.97. The maximum atomic E-state index is 14.3. The summed E-state index contributed by atoms with van der Waals surface area (Å²) in [4.78, 5) is 16.7. The van der Waals surface area contributed by atoms with E-state index in [-0.39, 0.29) is 11.3 Å². The lowest BCUT2D eigenvalue weighted by Crippen LogP contribution is -2.39. The summed E-state index contributed by atoms with van der Waals surface area (Å²) in [6.45, 7) is 0. The van der Waals surface area contributed by atoms with Crippen molar-refractivity contribution in [3.63, 3.8) is 0 Å². The molecule has 1 aromatic carbocycles. The van der Waals surface area contributed by atoms with Crippen LogP contribution in [0.2, 0.25) is 0 Å². The molecule has 1 amide bonds. The van der Waals surface area contributed by atoms with E-state index >= 15 is 0 Å². The Morgan fingerprint density at radius 1 is 1.58 bits per heavy atom. The van der Waals surface area contributed by atoms with Crippen LogP contribution in [0, 0.1) is 9.39 Å². The molecule has 1 aliphatic heterocycles. The van der Waals surface area contributed by atoms with E-state index in [1.54, 1.807) is 12.3 Å². The zero-order valence-corrected chi connectivity index (χ0v) is 14.9. The number of methoxy groups -OCH3 is 1. The number of carbonyl (C=O) groups excluding carboxylic acids is 1. The molecule has 3 rings (SSSR count). The SMILES string of the molecule is C=Ic1ccc(N)c(F)c1C(=O)NC1C=Nc2[nH]nc(OC)c2C1. The third-order valence-corrected chi connectivity index (χ3v) is 5.34. The summed E-state index contributed by atoms with van der Waals surface area (Å²) < 4.78 is 23.9. The highest BCUT2D eigenvalue weighted by atomic mass is 127. The van der Waals surface area contributed by atoms with Gasteiger partial charge in [-0.1, -0.05) is 25.2 Å². The van der Waals surface area contributed by atoms with Gasteiger partial charge >= 0.3 is 0 Å². The van der Waals surface area contributed by atoms with Gasteiger partial charge in [0.05, 0.1) is 30.0 Å². The van der Waals surface area contributed by atoms with Gasteiger partial charge in [-0.2, -0.15) is 0 Å². The summed E-state index contributed by atoms with van der Waals surface area (Å²) in [5.41, 5.74) is 6.26. The monoisotopic (exact) mass is 443 g/mol. The quantitative estimate of drug-likeness (QED) is 0.495. The summed E-state index contributed by atoms with van der Waals surface area (Å²) in [6, 6.07) is 2.71. The highest BCUT2D eigenvalue weighted by Crippen LogP contribution is 2.29. The molecular weight excluding hydrogens is 428 g/mol. The minimum atomic E-state index is -0.718. The molecule has 0 radical (unpaired) electrons. The van der Waals surface area contributed by atoms with E-state index in [0.717, 1.165) is 5.56 Å². The lowest BCUT2D eigenvalue weighted by Gasteiger charge is -2.18. The molecule has 0 saturated carbocycles. The summed E-state index contributed by atoms with van der Waals surface area (Å²) in [7, 11) is 1.51. The van der Waals surface area contributed by atoms with Crippen LogP contribution in [-0.4, -0.2) is 40.0 Å². The number of aliphatic imine (C=N–C) groups is 1. The first-order valence-corrected chi connectivity index (χ1v) is 9.58. The van der Waals surface area contributed by atoms with Crippen LogP contribution in [-0.2, 0) is 6.42 Å². The van der Waals surface area contributed by atoms with Crippen LogP contribution >= 0.6 is 20.7 Å². The van der Waals surface area contributed by atoms with Gasteiger partial charge in [0.1, 0.15) is 0 Å². The molecule has 1 aromatic heterocycles. The number of carbonyl (C=O) groups is 1. The highest BCUT2D eigenvalue weighted by molar-refractivity contribution is 14.2. The van der Waals surface area contributed by atoms with E-state index in [2.05, 4.69) is 25.0 Å². The number of nitrogens with two attached hydrogens (primary N) is 1. The molecule has 2 heterocycles. The number of benzene rings is 1. The predicted molar refractivity (Wildman–Crippen MR) is 98.9 cm³/mol. The Labute approximate surface area is 147 Å². The van der Waals surface area contributed by atoms with Gasteiger partial charge in [0.15, 0.2) is 11.6 Å². The van der Waals surface area contributed by atoms with Crippen molar-refractivity contribution in [3.05, 3.63) is 32.6 Å². The van der Waals surface area contributed by atoms with Crippen molar-refractivity contribution in [3.8, 4) is 5.88 Å². The van der Waals surface area contributed by atoms with E-state index < -0.39 is 38.5 Å². The maximum absolute atomic E-state index is 14.3. The molecule has 24 heavy (non-hydrogen) atoms. The second-order valence-electron chi connectivity index (χ2n) is 5.08. The number of rotatable bonds is 4. The lowest BCUT2D eigenvalue weighted by atomic mass is 10.1. The normalized spacial score (nSPS) is 15.8. The van der Waals surface area contributed by atoms with Crippen molar-refractivity contribution in [2.75, 3.05) is 12.8 Å². The topological polar surface area (TPSA) is 105 Å². The molecule has 1 aliphatic rings. The number of H-pyrrole nitrogens is 1. The average molecular weight is 443 g/mol. The van der Waals surface area contributed by atoms with E-state index in [9.17, 15) is 9.18 Å². The minimum Gasteiger partial charge on any atom is -0.480 e. The molecule has 126 valence electrons. The van der Waals surface area contributed by atoms with Crippen molar-refractivity contribution >= 4 is 48.9 Å². The van der Waals surface area contributed by atoms with E-state index in [0.29, 0.717) is 21.7 Å². The zero-order chi connectivity index (χ0) is 17.3. The fraction of sp³-hybridized carbons (Fsp3) is 0.200. The van der Waals surface area contributed by atoms with Crippen LogP contribution in [0.1, 0.15) is 15.9 Å². The number of nitrogen functional groups attached to an aromatic ring is 1. The van der Waals surface area contributed by atoms with E-state index in [1.807, 2.05) is 0 Å². The summed E-state index contributed by atoms with van der Waals surface area (Å²) in [5, 5.41) is 9.51. The number of anilines is 1. The number of hydrogen-bond acceptors (Lipinski definition) is 5. The molecule has 2 aromatic rings. The predicted octanol–water partition coefficient (Wildman–Crippen LogP) is 1.77. The number of ether oxygens (including phenoxy) is 1. The van der Waals surface area contributed by atoms with Crippen LogP contribution < -0.4 is 15.8 Å². The number of amides is 1. The Kier molecular flexibility index (Phi) is 4.60. The minimum absolute atomic E-state index is 0.0313. The van der Waals surface area contributed by atoms with E-state index in [4.69, 9.17) is 10.5 Å². The zero-order valence-electron chi connectivity index (χ0n) is 12.8. The number of halogens is 2. The standard InChI is InChI=1S/C15H15FIN5O2/c1-17-9-3-4-10(18)12(16)11(9)14(23)20-7-5-8-13(19-6-7)21-22-15(8)24-2/h3-4,6-7H,1,5,18H2,2H3,(H,20,23)(H,21,22). The molecule has 0 saturated heterocycles. The first kappa shape index (κ1) is 16.6. The third kappa shape index (κ3) is 2.90. The molecule has 9 heteroatoms. The number of nitrogens with one attached hydrogen (secondary N) is 2. The van der Waals surface area contributed by atoms with Crippen LogP contribution in [0.4, 0.5) is 15.9 Å². The Hall–Kier alpha value is -2.30. The number of hydrogen-bond donors (Lipinski definition) is 3. The van der Waals surface area contributed by atoms with Gasteiger partial charge < -0.3 is 15.8 Å². The van der Waals surface area contributed by atoms with Crippen molar-refractivity contribution in [1.29, 1.82) is 0 Å². The van der Waals surface area contributed by atoms with Gasteiger partial charge in [0.2, 0.25) is 5.88 Å². The van der Waals surface area contributed by atoms with Gasteiger partial charge in [0.25, 0.3) is 5.91 Å². The molecule has 0 fully saturated rings. The first-order chi connectivity index (χ1) is 11.5. The maximum Gasteiger partial charge on any atom is 0.255 e. The van der Waals surface area contributed by atoms with E-state index in [1.165, 1.54) is 13.2 Å². The number of fused-ring (bicyclic) bond motifs is 1. The van der Waals surface area contributed by atoms with Crippen molar-refractivity contribution in [2.24, 2.45) is 4.99 Å². The van der Waals surface area contributed by atoms with Gasteiger partial charge in [0, 0.05) is 16.2 Å². The second kappa shape index (κ2) is 6.67. The fourth-order valence-electron chi connectivity index (χ4n) is 2.45. The molecule has 0 aliphatic carbocycles.